The predicted octanol–water partition coefficient (Wildman–Crippen LogP) is 7.13. The lowest BCUT2D eigenvalue weighted by Crippen LogP contribution is -2.50. The summed E-state index contributed by atoms with van der Waals surface area (Å²) < 4.78 is 80.5. The molecule has 0 saturated carbocycles. The first-order chi connectivity index (χ1) is 24.2. The maximum absolute atomic E-state index is 13.6. The molecule has 0 aliphatic carbocycles. The number of carbonyl (C=O) groups is 1. The number of hydrogen-bond donors (Lipinski definition) is 3. The van der Waals surface area contributed by atoms with Crippen LogP contribution >= 0.6 is 0 Å². The zero-order valence-corrected chi connectivity index (χ0v) is 26.9. The Morgan fingerprint density at radius 1 is 0.804 bits per heavy atom. The highest BCUT2D eigenvalue weighted by atomic mass is 19.4. The number of piperidine rings is 1. The number of H-pyrrole nitrogens is 1. The summed E-state index contributed by atoms with van der Waals surface area (Å²) in [5, 5.41) is 3.26. The topological polar surface area (TPSA) is 123 Å². The molecule has 1 aromatic heterocycles. The van der Waals surface area contributed by atoms with Gasteiger partial charge >= 0.3 is 12.7 Å². The number of fused-ring (bicyclic) bond motifs is 1. The van der Waals surface area contributed by atoms with Gasteiger partial charge < -0.3 is 25.4 Å². The van der Waals surface area contributed by atoms with Crippen molar-refractivity contribution in [1.82, 2.24) is 15.3 Å². The third-order valence-corrected chi connectivity index (χ3v) is 8.17. The van der Waals surface area contributed by atoms with Gasteiger partial charge in [-0.05, 0) is 54.7 Å². The smallest absolute Gasteiger partial charge is 0.406 e. The number of rotatable bonds is 8. The van der Waals surface area contributed by atoms with E-state index in [0.29, 0.717) is 38.9 Å². The Kier molecular flexibility index (Phi) is 11.1. The van der Waals surface area contributed by atoms with Gasteiger partial charge in [-0.3, -0.25) is 14.6 Å². The lowest BCUT2D eigenvalue weighted by Gasteiger charge is -2.41. The fraction of sp³-hybridized carbons (Fsp3) is 0.250. The fourth-order valence-electron chi connectivity index (χ4n) is 5.75. The maximum atomic E-state index is 13.6. The number of anilines is 2. The van der Waals surface area contributed by atoms with Crippen LogP contribution in [0.3, 0.4) is 0 Å². The van der Waals surface area contributed by atoms with Crippen molar-refractivity contribution in [3.8, 4) is 11.5 Å². The van der Waals surface area contributed by atoms with Gasteiger partial charge in [0.15, 0.2) is 0 Å². The average Bonchev–Trinajstić information content (AvgIpc) is 3.07. The van der Waals surface area contributed by atoms with E-state index >= 15 is 0 Å². The summed E-state index contributed by atoms with van der Waals surface area (Å²) in [5.74, 6) is -0.546. The standard InChI is InChI=1S/C29H27F3N4O3.C7H6F3NO/c30-29(31,32)39-22-11-12-23-24(17-22)34-27(35-25(23)37)36-15-13-28(14-16-36,18-20-7-3-1-4-8-20)26(38)33-19-21-9-5-2-6-10-21;8-7(9,10)12-6-3-1-2-5(11)4-6/h1-12,17H,13-16,18-19H2,(H,33,38)(H,34,35,37);1-4H,11H2. The second kappa shape index (κ2) is 15.4. The number of halogens is 6. The molecule has 1 saturated heterocycles. The summed E-state index contributed by atoms with van der Waals surface area (Å²) >= 11 is 0. The molecule has 0 unspecified atom stereocenters. The SMILES string of the molecule is Nc1cccc(OC(F)(F)F)c1.O=C(NCc1ccccc1)C1(Cc2ccccc2)CCN(c2nc3cc(OC(F)(F)F)ccc3c(=O)[nH]2)CC1. The van der Waals surface area contributed by atoms with Crippen molar-refractivity contribution in [3.05, 3.63) is 125 Å². The third kappa shape index (κ3) is 10.4. The summed E-state index contributed by atoms with van der Waals surface area (Å²) in [5.41, 5.74) is 6.48. The summed E-state index contributed by atoms with van der Waals surface area (Å²) in [6.07, 6.45) is -7.95. The Hall–Kier alpha value is -5.73. The van der Waals surface area contributed by atoms with E-state index in [-0.39, 0.29) is 34.2 Å². The summed E-state index contributed by atoms with van der Waals surface area (Å²) in [7, 11) is 0. The van der Waals surface area contributed by atoms with E-state index in [9.17, 15) is 35.9 Å². The summed E-state index contributed by atoms with van der Waals surface area (Å²) in [4.78, 5) is 35.3. The van der Waals surface area contributed by atoms with Crippen LogP contribution < -0.4 is 31.0 Å². The highest BCUT2D eigenvalue weighted by Crippen LogP contribution is 2.37. The number of amides is 1. The van der Waals surface area contributed by atoms with Crippen LogP contribution in [-0.4, -0.2) is 41.7 Å². The molecule has 0 bridgehead atoms. The first kappa shape index (κ1) is 36.5. The van der Waals surface area contributed by atoms with Crippen LogP contribution in [0.4, 0.5) is 38.0 Å². The van der Waals surface area contributed by atoms with E-state index in [1.807, 2.05) is 65.6 Å². The molecule has 0 spiro atoms. The van der Waals surface area contributed by atoms with Crippen LogP contribution in [0.25, 0.3) is 10.9 Å². The molecule has 1 amide bonds. The molecule has 4 N–H and O–H groups in total. The predicted molar refractivity (Wildman–Crippen MR) is 179 cm³/mol. The van der Waals surface area contributed by atoms with Crippen molar-refractivity contribution in [2.24, 2.45) is 5.41 Å². The molecule has 0 atom stereocenters. The summed E-state index contributed by atoms with van der Waals surface area (Å²) in [6.45, 7) is 1.28. The first-order valence-electron chi connectivity index (χ1n) is 15.7. The van der Waals surface area contributed by atoms with Crippen LogP contribution in [0, 0.1) is 5.41 Å². The Balaban J connectivity index is 0.000000357. The van der Waals surface area contributed by atoms with E-state index in [1.165, 1.54) is 24.3 Å². The molecule has 15 heteroatoms. The number of hydrogen-bond acceptors (Lipinski definition) is 7. The second-order valence-electron chi connectivity index (χ2n) is 11.8. The quantitative estimate of drug-likeness (QED) is 0.116. The minimum atomic E-state index is -4.85. The number of nitrogens with zero attached hydrogens (tertiary/aromatic N) is 2. The van der Waals surface area contributed by atoms with Crippen molar-refractivity contribution in [1.29, 1.82) is 0 Å². The van der Waals surface area contributed by atoms with Crippen molar-refractivity contribution < 1.29 is 40.6 Å². The molecule has 6 rings (SSSR count). The van der Waals surface area contributed by atoms with Gasteiger partial charge in [0.2, 0.25) is 11.9 Å². The number of aromatic amines is 1. The van der Waals surface area contributed by atoms with E-state index < -0.39 is 29.4 Å². The van der Waals surface area contributed by atoms with Gasteiger partial charge in [-0.15, -0.1) is 26.3 Å². The van der Waals surface area contributed by atoms with Crippen molar-refractivity contribution >= 4 is 28.4 Å². The van der Waals surface area contributed by atoms with Crippen molar-refractivity contribution in [3.63, 3.8) is 0 Å². The monoisotopic (exact) mass is 713 g/mol. The molecule has 4 aromatic carbocycles. The van der Waals surface area contributed by atoms with Crippen LogP contribution in [0.15, 0.2) is 108 Å². The molecule has 1 aliphatic rings. The first-order valence-corrected chi connectivity index (χ1v) is 15.7. The molecule has 1 aliphatic heterocycles. The third-order valence-electron chi connectivity index (χ3n) is 8.17. The van der Waals surface area contributed by atoms with Gasteiger partial charge in [0, 0.05) is 37.5 Å². The minimum absolute atomic E-state index is 0.0382. The van der Waals surface area contributed by atoms with Gasteiger partial charge in [-0.25, -0.2) is 4.98 Å². The maximum Gasteiger partial charge on any atom is 0.573 e. The Morgan fingerprint density at radius 3 is 1.98 bits per heavy atom. The summed E-state index contributed by atoms with van der Waals surface area (Å²) in [6, 6.07) is 28.1. The van der Waals surface area contributed by atoms with Crippen LogP contribution in [0.1, 0.15) is 24.0 Å². The van der Waals surface area contributed by atoms with Gasteiger partial charge in [-0.2, -0.15) is 0 Å². The molecule has 1 fully saturated rings. The van der Waals surface area contributed by atoms with Crippen LogP contribution in [0.5, 0.6) is 11.5 Å². The Morgan fingerprint density at radius 2 is 1.39 bits per heavy atom. The number of aromatic nitrogens is 2. The molecule has 0 radical (unpaired) electrons. The average molecular weight is 714 g/mol. The van der Waals surface area contributed by atoms with Crippen molar-refractivity contribution in [2.75, 3.05) is 23.7 Å². The van der Waals surface area contributed by atoms with E-state index in [1.54, 1.807) is 0 Å². The number of carbonyl (C=O) groups excluding carboxylic acids is 1. The molecule has 51 heavy (non-hydrogen) atoms. The number of alkyl halides is 6. The highest BCUT2D eigenvalue weighted by Gasteiger charge is 2.42. The minimum Gasteiger partial charge on any atom is -0.406 e. The number of ether oxygens (including phenoxy) is 2. The molecule has 5 aromatic rings. The molecular formula is C36H33F6N5O4. The van der Waals surface area contributed by atoms with Crippen LogP contribution in [-0.2, 0) is 17.8 Å². The normalized spacial score (nSPS) is 14.3. The number of nitrogens with two attached hydrogens (primary N) is 1. The van der Waals surface area contributed by atoms with Gasteiger partial charge in [-0.1, -0.05) is 66.7 Å². The van der Waals surface area contributed by atoms with Gasteiger partial charge in [0.25, 0.3) is 5.56 Å². The lowest BCUT2D eigenvalue weighted by atomic mass is 9.73. The highest BCUT2D eigenvalue weighted by molar-refractivity contribution is 5.83. The van der Waals surface area contributed by atoms with Gasteiger partial charge in [0.1, 0.15) is 11.5 Å². The second-order valence-corrected chi connectivity index (χ2v) is 11.8. The zero-order chi connectivity index (χ0) is 36.6. The molecular weight excluding hydrogens is 680 g/mol. The van der Waals surface area contributed by atoms with Crippen LogP contribution in [0.2, 0.25) is 0 Å². The number of nitrogens with one attached hydrogen (secondary N) is 2. The van der Waals surface area contributed by atoms with Gasteiger partial charge in [0.05, 0.1) is 16.3 Å². The molecule has 2 heterocycles. The van der Waals surface area contributed by atoms with E-state index in [0.717, 1.165) is 29.3 Å². The Labute approximate surface area is 288 Å². The largest absolute Gasteiger partial charge is 0.573 e. The molecule has 268 valence electrons. The van der Waals surface area contributed by atoms with Crippen molar-refractivity contribution in [2.45, 2.75) is 38.5 Å². The van der Waals surface area contributed by atoms with E-state index in [4.69, 9.17) is 5.73 Å². The number of nitrogen functional groups attached to an aromatic ring is 1. The zero-order valence-electron chi connectivity index (χ0n) is 26.9. The fourth-order valence-corrected chi connectivity index (χ4v) is 5.75. The van der Waals surface area contributed by atoms with E-state index in [2.05, 4.69) is 24.8 Å². The Bertz CT molecular complexity index is 1980. The number of benzene rings is 4. The molecule has 9 nitrogen and oxygen atoms in total. The lowest BCUT2D eigenvalue weighted by molar-refractivity contribution is -0.275.